The standard InChI is InChI=1S/C14H21BrN2O3S/c1-4-11(2)17(21(3,19)20)10-9-16-14(18)12-5-7-13(15)8-6-12/h5-8,11H,4,9-10H2,1-3H3,(H,16,18). The number of halogens is 1. The summed E-state index contributed by atoms with van der Waals surface area (Å²) in [6.07, 6.45) is 1.92. The lowest BCUT2D eigenvalue weighted by atomic mass is 10.2. The Bertz CT molecular complexity index is 572. The number of amides is 1. The third-order valence-electron chi connectivity index (χ3n) is 3.23. The van der Waals surface area contributed by atoms with Gasteiger partial charge in [-0.25, -0.2) is 8.42 Å². The lowest BCUT2D eigenvalue weighted by Crippen LogP contribution is -2.42. The van der Waals surface area contributed by atoms with E-state index in [0.29, 0.717) is 5.56 Å². The number of rotatable bonds is 7. The van der Waals surface area contributed by atoms with Crippen LogP contribution in [0.5, 0.6) is 0 Å². The summed E-state index contributed by atoms with van der Waals surface area (Å²) in [5.41, 5.74) is 0.549. The van der Waals surface area contributed by atoms with Crippen LogP contribution in [0.1, 0.15) is 30.6 Å². The van der Waals surface area contributed by atoms with E-state index in [0.717, 1.165) is 10.9 Å². The van der Waals surface area contributed by atoms with E-state index in [1.807, 2.05) is 13.8 Å². The molecule has 1 amide bonds. The van der Waals surface area contributed by atoms with Crippen LogP contribution < -0.4 is 5.32 Å². The molecule has 1 aromatic rings. The van der Waals surface area contributed by atoms with Crippen molar-refractivity contribution < 1.29 is 13.2 Å². The molecule has 1 atom stereocenters. The summed E-state index contributed by atoms with van der Waals surface area (Å²) in [7, 11) is -3.27. The monoisotopic (exact) mass is 376 g/mol. The Morgan fingerprint density at radius 1 is 1.33 bits per heavy atom. The third kappa shape index (κ3) is 5.76. The van der Waals surface area contributed by atoms with E-state index in [4.69, 9.17) is 0 Å². The average Bonchev–Trinajstić information content (AvgIpc) is 2.42. The fraction of sp³-hybridized carbons (Fsp3) is 0.500. The Labute approximate surface area is 134 Å². The van der Waals surface area contributed by atoms with Crippen molar-refractivity contribution in [3.8, 4) is 0 Å². The van der Waals surface area contributed by atoms with Gasteiger partial charge in [0.15, 0.2) is 0 Å². The maximum Gasteiger partial charge on any atom is 0.251 e. The van der Waals surface area contributed by atoms with Gasteiger partial charge < -0.3 is 5.32 Å². The van der Waals surface area contributed by atoms with Gasteiger partial charge in [-0.15, -0.1) is 0 Å². The van der Waals surface area contributed by atoms with Crippen LogP contribution >= 0.6 is 15.9 Å². The summed E-state index contributed by atoms with van der Waals surface area (Å²) < 4.78 is 25.8. The van der Waals surface area contributed by atoms with Gasteiger partial charge in [0.2, 0.25) is 10.0 Å². The molecular weight excluding hydrogens is 356 g/mol. The molecule has 0 saturated carbocycles. The summed E-state index contributed by atoms with van der Waals surface area (Å²) >= 11 is 3.31. The van der Waals surface area contributed by atoms with Gasteiger partial charge in [-0.1, -0.05) is 22.9 Å². The molecule has 21 heavy (non-hydrogen) atoms. The van der Waals surface area contributed by atoms with Crippen LogP contribution in [-0.4, -0.2) is 44.0 Å². The van der Waals surface area contributed by atoms with Gasteiger partial charge in [0.1, 0.15) is 0 Å². The number of nitrogens with one attached hydrogen (secondary N) is 1. The Hall–Kier alpha value is -0.920. The van der Waals surface area contributed by atoms with E-state index in [1.54, 1.807) is 24.3 Å². The van der Waals surface area contributed by atoms with Crippen LogP contribution in [0.25, 0.3) is 0 Å². The molecule has 1 N–H and O–H groups in total. The minimum atomic E-state index is -3.27. The second-order valence-electron chi connectivity index (χ2n) is 4.89. The lowest BCUT2D eigenvalue weighted by Gasteiger charge is -2.25. The van der Waals surface area contributed by atoms with Crippen molar-refractivity contribution in [2.45, 2.75) is 26.3 Å². The molecule has 0 aliphatic rings. The summed E-state index contributed by atoms with van der Waals surface area (Å²) in [5.74, 6) is -0.208. The largest absolute Gasteiger partial charge is 0.351 e. The fourth-order valence-electron chi connectivity index (χ4n) is 1.90. The van der Waals surface area contributed by atoms with E-state index in [1.165, 1.54) is 10.6 Å². The van der Waals surface area contributed by atoms with E-state index in [9.17, 15) is 13.2 Å². The van der Waals surface area contributed by atoms with Gasteiger partial charge in [-0.2, -0.15) is 4.31 Å². The first-order valence-electron chi connectivity index (χ1n) is 6.76. The van der Waals surface area contributed by atoms with E-state index in [-0.39, 0.29) is 25.0 Å². The van der Waals surface area contributed by atoms with Crippen molar-refractivity contribution in [3.05, 3.63) is 34.3 Å². The molecule has 0 bridgehead atoms. The first-order chi connectivity index (χ1) is 9.75. The highest BCUT2D eigenvalue weighted by atomic mass is 79.9. The molecule has 0 saturated heterocycles. The number of carbonyl (C=O) groups excluding carboxylic acids is 1. The van der Waals surface area contributed by atoms with E-state index in [2.05, 4.69) is 21.2 Å². The summed E-state index contributed by atoms with van der Waals surface area (Å²) in [4.78, 5) is 11.9. The van der Waals surface area contributed by atoms with Gasteiger partial charge in [-0.05, 0) is 37.6 Å². The van der Waals surface area contributed by atoms with E-state index >= 15 is 0 Å². The zero-order chi connectivity index (χ0) is 16.0. The second kappa shape index (κ2) is 7.91. The fourth-order valence-corrected chi connectivity index (χ4v) is 3.39. The third-order valence-corrected chi connectivity index (χ3v) is 5.16. The van der Waals surface area contributed by atoms with Gasteiger partial charge in [0, 0.05) is 29.2 Å². The van der Waals surface area contributed by atoms with Gasteiger partial charge in [0.25, 0.3) is 5.91 Å². The summed E-state index contributed by atoms with van der Waals surface area (Å²) in [6.45, 7) is 4.35. The topological polar surface area (TPSA) is 66.5 Å². The smallest absolute Gasteiger partial charge is 0.251 e. The molecule has 1 aromatic carbocycles. The molecule has 5 nitrogen and oxygen atoms in total. The average molecular weight is 377 g/mol. The SMILES string of the molecule is CCC(C)N(CCNC(=O)c1ccc(Br)cc1)S(C)(=O)=O. The quantitative estimate of drug-likeness (QED) is 0.793. The molecule has 0 aliphatic carbocycles. The molecule has 1 unspecified atom stereocenters. The molecule has 0 heterocycles. The molecular formula is C14H21BrN2O3S. The van der Waals surface area contributed by atoms with Crippen LogP contribution in [0.2, 0.25) is 0 Å². The first-order valence-corrected chi connectivity index (χ1v) is 9.40. The Morgan fingerprint density at radius 2 is 1.90 bits per heavy atom. The molecule has 0 aliphatic heterocycles. The van der Waals surface area contributed by atoms with Crippen LogP contribution in [0.15, 0.2) is 28.7 Å². The normalized spacial score (nSPS) is 13.2. The van der Waals surface area contributed by atoms with Crippen molar-refractivity contribution in [1.82, 2.24) is 9.62 Å². The van der Waals surface area contributed by atoms with Crippen molar-refractivity contribution in [1.29, 1.82) is 0 Å². The lowest BCUT2D eigenvalue weighted by molar-refractivity contribution is 0.0950. The van der Waals surface area contributed by atoms with Crippen LogP contribution in [0.3, 0.4) is 0 Å². The Kier molecular flexibility index (Phi) is 6.83. The van der Waals surface area contributed by atoms with Gasteiger partial charge in [0.05, 0.1) is 6.26 Å². The minimum absolute atomic E-state index is 0.0791. The molecule has 0 aromatic heterocycles. The highest BCUT2D eigenvalue weighted by molar-refractivity contribution is 9.10. The van der Waals surface area contributed by atoms with Gasteiger partial charge >= 0.3 is 0 Å². The molecule has 0 fully saturated rings. The number of hydrogen-bond donors (Lipinski definition) is 1. The maximum atomic E-state index is 11.9. The van der Waals surface area contributed by atoms with Crippen molar-refractivity contribution >= 4 is 31.9 Å². The Balaban J connectivity index is 2.58. The molecule has 7 heteroatoms. The van der Waals surface area contributed by atoms with Crippen LogP contribution in [-0.2, 0) is 10.0 Å². The zero-order valence-electron chi connectivity index (χ0n) is 12.5. The van der Waals surface area contributed by atoms with Crippen molar-refractivity contribution in [2.24, 2.45) is 0 Å². The summed E-state index contributed by atoms with van der Waals surface area (Å²) in [5, 5.41) is 2.74. The number of sulfonamides is 1. The molecule has 1 rings (SSSR count). The first kappa shape index (κ1) is 18.1. The number of hydrogen-bond acceptors (Lipinski definition) is 3. The number of benzene rings is 1. The highest BCUT2D eigenvalue weighted by Crippen LogP contribution is 2.11. The van der Waals surface area contributed by atoms with Crippen molar-refractivity contribution in [2.75, 3.05) is 19.3 Å². The number of carbonyl (C=O) groups is 1. The molecule has 0 radical (unpaired) electrons. The highest BCUT2D eigenvalue weighted by Gasteiger charge is 2.21. The maximum absolute atomic E-state index is 11.9. The van der Waals surface area contributed by atoms with E-state index < -0.39 is 10.0 Å². The summed E-state index contributed by atoms with van der Waals surface area (Å²) in [6, 6.07) is 6.92. The minimum Gasteiger partial charge on any atom is -0.351 e. The van der Waals surface area contributed by atoms with Gasteiger partial charge in [-0.3, -0.25) is 4.79 Å². The number of nitrogens with zero attached hydrogens (tertiary/aromatic N) is 1. The second-order valence-corrected chi connectivity index (χ2v) is 7.74. The Morgan fingerprint density at radius 3 is 2.38 bits per heavy atom. The predicted molar refractivity (Wildman–Crippen MR) is 87.8 cm³/mol. The predicted octanol–water partition coefficient (Wildman–Crippen LogP) is 2.24. The van der Waals surface area contributed by atoms with Crippen LogP contribution in [0.4, 0.5) is 0 Å². The molecule has 0 spiro atoms. The zero-order valence-corrected chi connectivity index (χ0v) is 14.9. The van der Waals surface area contributed by atoms with Crippen LogP contribution in [0, 0.1) is 0 Å². The van der Waals surface area contributed by atoms with Crippen molar-refractivity contribution in [3.63, 3.8) is 0 Å². The molecule has 118 valence electrons.